The van der Waals surface area contributed by atoms with Crippen LogP contribution in [0.15, 0.2) is 36.4 Å². The van der Waals surface area contributed by atoms with E-state index in [9.17, 15) is 29.4 Å². The van der Waals surface area contributed by atoms with Crippen LogP contribution in [-0.4, -0.2) is 48.3 Å². The van der Waals surface area contributed by atoms with E-state index in [2.05, 4.69) is 21.3 Å². The molecule has 0 saturated carbocycles. The summed E-state index contributed by atoms with van der Waals surface area (Å²) in [4.78, 5) is 51.3. The number of hydrogen-bond acceptors (Lipinski definition) is 8. The van der Waals surface area contributed by atoms with Crippen molar-refractivity contribution in [3.8, 4) is 23.0 Å². The van der Waals surface area contributed by atoms with Crippen molar-refractivity contribution in [3.63, 3.8) is 0 Å². The molecule has 2 aromatic carbocycles. The maximum absolute atomic E-state index is 13.4. The monoisotopic (exact) mass is 456 g/mol. The first kappa shape index (κ1) is 21.7. The minimum atomic E-state index is -2.09. The van der Waals surface area contributed by atoms with Crippen molar-refractivity contribution in [1.82, 2.24) is 21.3 Å². The zero-order chi connectivity index (χ0) is 23.9. The zero-order valence-corrected chi connectivity index (χ0v) is 17.5. The van der Waals surface area contributed by atoms with Crippen molar-refractivity contribution in [2.24, 2.45) is 5.41 Å². The molecule has 0 radical (unpaired) electrons. The van der Waals surface area contributed by atoms with Crippen LogP contribution in [0, 0.1) is 5.41 Å². The van der Waals surface area contributed by atoms with Gasteiger partial charge in [-0.25, -0.2) is 9.59 Å². The first-order valence-corrected chi connectivity index (χ1v) is 9.70. The number of imide groups is 2. The Labute approximate surface area is 186 Å². The fourth-order valence-corrected chi connectivity index (χ4v) is 4.21. The molecule has 12 heteroatoms. The molecule has 0 aliphatic carbocycles. The molecule has 0 aromatic heterocycles. The number of phenols is 2. The number of carbonyl (C=O) groups excluding carboxylic acids is 4. The van der Waals surface area contributed by atoms with E-state index >= 15 is 0 Å². The lowest BCUT2D eigenvalue weighted by Gasteiger charge is -2.48. The van der Waals surface area contributed by atoms with E-state index in [-0.39, 0.29) is 34.1 Å². The van der Waals surface area contributed by atoms with Gasteiger partial charge in [0.25, 0.3) is 0 Å². The third-order valence-corrected chi connectivity index (χ3v) is 5.74. The molecule has 12 nitrogen and oxygen atoms in total. The molecule has 2 heterocycles. The first-order chi connectivity index (χ1) is 15.7. The van der Waals surface area contributed by atoms with Gasteiger partial charge in [-0.3, -0.25) is 20.2 Å². The van der Waals surface area contributed by atoms with Gasteiger partial charge in [0, 0.05) is 0 Å². The van der Waals surface area contributed by atoms with Gasteiger partial charge in [-0.2, -0.15) is 0 Å². The molecule has 1 spiro atoms. The summed E-state index contributed by atoms with van der Waals surface area (Å²) in [6, 6.07) is 3.90. The van der Waals surface area contributed by atoms with Crippen molar-refractivity contribution in [3.05, 3.63) is 47.5 Å². The van der Waals surface area contributed by atoms with Crippen molar-refractivity contribution < 1.29 is 38.9 Å². The number of hydrogen-bond donors (Lipinski definition) is 6. The van der Waals surface area contributed by atoms with E-state index in [0.29, 0.717) is 0 Å². The Morgan fingerprint density at radius 1 is 0.727 bits per heavy atom. The summed E-state index contributed by atoms with van der Waals surface area (Å²) in [6.45, 7) is 0. The molecule has 2 aliphatic heterocycles. The van der Waals surface area contributed by atoms with Crippen LogP contribution in [0.25, 0.3) is 0 Å². The van der Waals surface area contributed by atoms with Gasteiger partial charge < -0.3 is 30.3 Å². The van der Waals surface area contributed by atoms with Gasteiger partial charge >= 0.3 is 12.1 Å². The molecule has 172 valence electrons. The summed E-state index contributed by atoms with van der Waals surface area (Å²) in [7, 11) is 2.64. The van der Waals surface area contributed by atoms with Crippen LogP contribution >= 0.6 is 0 Å². The molecule has 2 atom stereocenters. The second-order valence-corrected chi connectivity index (χ2v) is 7.45. The Morgan fingerprint density at radius 3 is 1.55 bits per heavy atom. The fourth-order valence-electron chi connectivity index (χ4n) is 4.21. The lowest BCUT2D eigenvalue weighted by molar-refractivity contribution is -0.150. The van der Waals surface area contributed by atoms with E-state index < -0.39 is 41.4 Å². The molecule has 0 bridgehead atoms. The summed E-state index contributed by atoms with van der Waals surface area (Å²) in [5, 5.41) is 29.3. The van der Waals surface area contributed by atoms with E-state index in [4.69, 9.17) is 9.47 Å². The topological polar surface area (TPSA) is 175 Å². The number of barbiturate groups is 1. The third-order valence-electron chi connectivity index (χ3n) is 5.74. The number of rotatable bonds is 4. The Balaban J connectivity index is 1.96. The smallest absolute Gasteiger partial charge is 0.328 e. The molecule has 2 saturated heterocycles. The van der Waals surface area contributed by atoms with Gasteiger partial charge in [0.05, 0.1) is 26.3 Å². The predicted molar refractivity (Wildman–Crippen MR) is 111 cm³/mol. The molecule has 2 aromatic rings. The average Bonchev–Trinajstić information content (AvgIpc) is 2.78. The molecular weight excluding hydrogens is 436 g/mol. The second-order valence-electron chi connectivity index (χ2n) is 7.45. The molecule has 4 rings (SSSR count). The normalized spacial score (nSPS) is 21.5. The minimum Gasteiger partial charge on any atom is -0.504 e. The standard InChI is InChI=1S/C21H20N4O8/c1-32-13-7-9(3-5-11(13)26)15-21(17(28)24-20(31)25-18(21)29)16(23-19(30)22-15)10-4-6-12(27)14(8-10)33-2/h3-8,15-16,26-27H,1-2H3,(H2,22,23,30)(H2,24,25,28,29,31)/t15-,16+. The Kier molecular flexibility index (Phi) is 5.20. The zero-order valence-electron chi connectivity index (χ0n) is 17.5. The maximum atomic E-state index is 13.4. The van der Waals surface area contributed by atoms with E-state index in [1.54, 1.807) is 0 Å². The van der Waals surface area contributed by atoms with Crippen LogP contribution in [0.5, 0.6) is 23.0 Å². The van der Waals surface area contributed by atoms with Crippen LogP contribution in [0.2, 0.25) is 0 Å². The predicted octanol–water partition coefficient (Wildman–Crippen LogP) is 0.563. The van der Waals surface area contributed by atoms with Crippen LogP contribution in [-0.2, 0) is 9.59 Å². The van der Waals surface area contributed by atoms with Crippen molar-refractivity contribution >= 4 is 23.9 Å². The lowest BCUT2D eigenvalue weighted by atomic mass is 9.65. The number of amides is 6. The van der Waals surface area contributed by atoms with E-state index in [1.807, 2.05) is 0 Å². The maximum Gasteiger partial charge on any atom is 0.328 e. The summed E-state index contributed by atoms with van der Waals surface area (Å²) in [5.41, 5.74) is -1.57. The number of phenolic OH excluding ortho intramolecular Hbond substituents is 2. The van der Waals surface area contributed by atoms with Crippen LogP contribution in [0.1, 0.15) is 23.2 Å². The van der Waals surface area contributed by atoms with Gasteiger partial charge in [0.15, 0.2) is 28.4 Å². The molecule has 6 amide bonds. The molecule has 2 aliphatic rings. The summed E-state index contributed by atoms with van der Waals surface area (Å²) >= 11 is 0. The summed E-state index contributed by atoms with van der Waals surface area (Å²) in [5.74, 6) is -2.21. The quantitative estimate of drug-likeness (QED) is 0.362. The third kappa shape index (κ3) is 3.32. The van der Waals surface area contributed by atoms with E-state index in [1.165, 1.54) is 50.6 Å². The molecule has 2 fully saturated rings. The number of carbonyl (C=O) groups is 4. The van der Waals surface area contributed by atoms with Crippen LogP contribution < -0.4 is 30.7 Å². The number of ether oxygens (including phenoxy) is 2. The Hall–Kier alpha value is -4.48. The summed E-state index contributed by atoms with van der Waals surface area (Å²) in [6.07, 6.45) is 0. The number of nitrogens with one attached hydrogen (secondary N) is 4. The highest BCUT2D eigenvalue weighted by Crippen LogP contribution is 2.50. The van der Waals surface area contributed by atoms with Crippen LogP contribution in [0.3, 0.4) is 0 Å². The lowest BCUT2D eigenvalue weighted by Crippen LogP contribution is -2.73. The summed E-state index contributed by atoms with van der Waals surface area (Å²) < 4.78 is 10.3. The van der Waals surface area contributed by atoms with Gasteiger partial charge in [-0.05, 0) is 35.4 Å². The molecular formula is C21H20N4O8. The molecule has 33 heavy (non-hydrogen) atoms. The number of methoxy groups -OCH3 is 2. The second kappa shape index (κ2) is 7.89. The Morgan fingerprint density at radius 2 is 1.15 bits per heavy atom. The SMILES string of the molecule is COc1cc([C@H]2NC(=O)N[C@@H](c3ccc(O)c(OC)c3)C23C(=O)NC(=O)NC3=O)ccc1O. The highest BCUT2D eigenvalue weighted by molar-refractivity contribution is 6.21. The molecule has 6 N–H and O–H groups in total. The minimum absolute atomic E-state index is 0.0472. The largest absolute Gasteiger partial charge is 0.504 e. The highest BCUT2D eigenvalue weighted by atomic mass is 16.5. The van der Waals surface area contributed by atoms with Crippen molar-refractivity contribution in [2.45, 2.75) is 12.1 Å². The van der Waals surface area contributed by atoms with Crippen molar-refractivity contribution in [1.29, 1.82) is 0 Å². The highest BCUT2D eigenvalue weighted by Gasteiger charge is 2.64. The average molecular weight is 456 g/mol. The Bertz CT molecular complexity index is 1090. The van der Waals surface area contributed by atoms with E-state index in [0.717, 1.165) is 0 Å². The number of urea groups is 2. The van der Waals surface area contributed by atoms with Gasteiger partial charge in [-0.15, -0.1) is 0 Å². The van der Waals surface area contributed by atoms with Crippen LogP contribution in [0.4, 0.5) is 9.59 Å². The molecule has 0 unspecified atom stereocenters. The van der Waals surface area contributed by atoms with Gasteiger partial charge in [0.1, 0.15) is 0 Å². The number of benzene rings is 2. The van der Waals surface area contributed by atoms with Gasteiger partial charge in [0.2, 0.25) is 11.8 Å². The van der Waals surface area contributed by atoms with Gasteiger partial charge in [-0.1, -0.05) is 12.1 Å². The van der Waals surface area contributed by atoms with Crippen molar-refractivity contribution in [2.75, 3.05) is 14.2 Å². The fraction of sp³-hybridized carbons (Fsp3) is 0.238. The first-order valence-electron chi connectivity index (χ1n) is 9.70. The number of aromatic hydroxyl groups is 2.